The normalized spacial score (nSPS) is 19.3. The number of aromatic nitrogens is 1. The monoisotopic (exact) mass is 414 g/mol. The van der Waals surface area contributed by atoms with Crippen LogP contribution < -0.4 is 10.9 Å². The number of amides is 1. The first-order valence-corrected chi connectivity index (χ1v) is 9.04. The standard InChI is InChI=1S/C21H17F3N4O2/c1-30-28-14-9-7-13(8-10-14)18-12-20(21(22,23)24,19(29)27-26-18)16-5-2-6-17-15(16)4-3-11-25-17/h2-11,28H,12H2,1H3,(H,27,29). The van der Waals surface area contributed by atoms with Gasteiger partial charge in [-0.1, -0.05) is 30.3 Å². The minimum Gasteiger partial charge on any atom is -0.279 e. The lowest BCUT2D eigenvalue weighted by Crippen LogP contribution is -2.57. The maximum absolute atomic E-state index is 14.6. The van der Waals surface area contributed by atoms with Crippen molar-refractivity contribution in [2.75, 3.05) is 12.6 Å². The van der Waals surface area contributed by atoms with E-state index in [1.165, 1.54) is 31.5 Å². The van der Waals surface area contributed by atoms with Crippen LogP contribution in [-0.4, -0.2) is 29.9 Å². The summed E-state index contributed by atoms with van der Waals surface area (Å²) in [5.74, 6) is -1.22. The van der Waals surface area contributed by atoms with E-state index in [1.807, 2.05) is 0 Å². The third-order valence-electron chi connectivity index (χ3n) is 5.14. The number of hydrazone groups is 1. The van der Waals surface area contributed by atoms with Crippen LogP contribution in [0.2, 0.25) is 0 Å². The molecular formula is C21H17F3N4O2. The van der Waals surface area contributed by atoms with Gasteiger partial charge >= 0.3 is 6.18 Å². The highest BCUT2D eigenvalue weighted by molar-refractivity contribution is 6.09. The van der Waals surface area contributed by atoms with E-state index in [0.29, 0.717) is 16.8 Å². The molecule has 2 N–H and O–H groups in total. The summed E-state index contributed by atoms with van der Waals surface area (Å²) in [6, 6.07) is 14.0. The van der Waals surface area contributed by atoms with Gasteiger partial charge in [0.05, 0.1) is 24.0 Å². The molecule has 0 spiro atoms. The number of nitrogens with zero attached hydrogens (tertiary/aromatic N) is 2. The van der Waals surface area contributed by atoms with Gasteiger partial charge < -0.3 is 0 Å². The van der Waals surface area contributed by atoms with Crippen molar-refractivity contribution >= 4 is 28.2 Å². The van der Waals surface area contributed by atoms with Crippen LogP contribution in [0, 0.1) is 0 Å². The van der Waals surface area contributed by atoms with E-state index in [0.717, 1.165) is 0 Å². The summed E-state index contributed by atoms with van der Waals surface area (Å²) in [6.45, 7) is 0. The van der Waals surface area contributed by atoms with E-state index >= 15 is 0 Å². The smallest absolute Gasteiger partial charge is 0.279 e. The van der Waals surface area contributed by atoms with Crippen LogP contribution in [0.4, 0.5) is 18.9 Å². The molecule has 6 nitrogen and oxygen atoms in total. The Morgan fingerprint density at radius 1 is 1.10 bits per heavy atom. The maximum atomic E-state index is 14.6. The minimum absolute atomic E-state index is 0.122. The number of carbonyl (C=O) groups is 1. The number of hydrogen-bond acceptors (Lipinski definition) is 5. The van der Waals surface area contributed by atoms with Crippen LogP contribution in [0.15, 0.2) is 65.9 Å². The lowest BCUT2D eigenvalue weighted by Gasteiger charge is -2.37. The summed E-state index contributed by atoms with van der Waals surface area (Å²) >= 11 is 0. The van der Waals surface area contributed by atoms with Crippen molar-refractivity contribution in [1.29, 1.82) is 0 Å². The summed E-state index contributed by atoms with van der Waals surface area (Å²) in [7, 11) is 1.45. The van der Waals surface area contributed by atoms with Crippen LogP contribution in [0.25, 0.3) is 10.9 Å². The second-order valence-corrected chi connectivity index (χ2v) is 6.84. The quantitative estimate of drug-likeness (QED) is 0.635. The second-order valence-electron chi connectivity index (χ2n) is 6.84. The summed E-state index contributed by atoms with van der Waals surface area (Å²) in [4.78, 5) is 21.7. The van der Waals surface area contributed by atoms with Gasteiger partial charge in [0.15, 0.2) is 5.41 Å². The van der Waals surface area contributed by atoms with E-state index in [4.69, 9.17) is 4.84 Å². The van der Waals surface area contributed by atoms with Gasteiger partial charge in [0.25, 0.3) is 5.91 Å². The topological polar surface area (TPSA) is 75.6 Å². The van der Waals surface area contributed by atoms with Crippen molar-refractivity contribution in [3.8, 4) is 0 Å². The maximum Gasteiger partial charge on any atom is 0.407 e. The Bertz CT molecular complexity index is 1120. The van der Waals surface area contributed by atoms with Gasteiger partial charge in [-0.3, -0.25) is 20.1 Å². The average molecular weight is 414 g/mol. The first-order valence-electron chi connectivity index (χ1n) is 9.04. The van der Waals surface area contributed by atoms with E-state index in [2.05, 4.69) is 21.0 Å². The molecule has 9 heteroatoms. The van der Waals surface area contributed by atoms with Crippen molar-refractivity contribution in [2.24, 2.45) is 5.10 Å². The third kappa shape index (κ3) is 3.17. The van der Waals surface area contributed by atoms with E-state index in [9.17, 15) is 18.0 Å². The van der Waals surface area contributed by atoms with Gasteiger partial charge in [0, 0.05) is 18.0 Å². The highest BCUT2D eigenvalue weighted by Crippen LogP contribution is 2.48. The molecule has 2 heterocycles. The SMILES string of the molecule is CONc1ccc(C2=NNC(=O)C(c3cccc4ncccc34)(C(F)(F)F)C2)cc1. The van der Waals surface area contributed by atoms with Crippen molar-refractivity contribution in [3.05, 3.63) is 71.9 Å². The molecule has 1 aromatic heterocycles. The fraction of sp³-hybridized carbons (Fsp3) is 0.190. The van der Waals surface area contributed by atoms with E-state index < -0.39 is 23.9 Å². The number of nitrogens with one attached hydrogen (secondary N) is 2. The Hall–Kier alpha value is -3.46. The van der Waals surface area contributed by atoms with Gasteiger partial charge in [-0.15, -0.1) is 0 Å². The van der Waals surface area contributed by atoms with Crippen LogP contribution in [0.5, 0.6) is 0 Å². The Morgan fingerprint density at radius 2 is 1.87 bits per heavy atom. The molecule has 1 aliphatic heterocycles. The summed E-state index contributed by atoms with van der Waals surface area (Å²) in [5.41, 5.74) is 3.38. The largest absolute Gasteiger partial charge is 0.407 e. The number of benzene rings is 2. The first-order chi connectivity index (χ1) is 14.4. The number of rotatable bonds is 4. The second kappa shape index (κ2) is 7.42. The fourth-order valence-corrected chi connectivity index (χ4v) is 3.67. The van der Waals surface area contributed by atoms with Crippen LogP contribution in [0.3, 0.4) is 0 Å². The van der Waals surface area contributed by atoms with E-state index in [1.54, 1.807) is 36.4 Å². The Balaban J connectivity index is 1.85. The summed E-state index contributed by atoms with van der Waals surface area (Å²) in [5, 5.41) is 4.19. The van der Waals surface area contributed by atoms with Gasteiger partial charge in [-0.25, -0.2) is 5.43 Å². The highest BCUT2D eigenvalue weighted by atomic mass is 19.4. The molecule has 1 unspecified atom stereocenters. The number of fused-ring (bicyclic) bond motifs is 1. The number of anilines is 1. The molecule has 1 atom stereocenters. The molecule has 1 amide bonds. The molecule has 30 heavy (non-hydrogen) atoms. The number of halogens is 3. The van der Waals surface area contributed by atoms with Crippen LogP contribution >= 0.6 is 0 Å². The van der Waals surface area contributed by atoms with Crippen molar-refractivity contribution in [2.45, 2.75) is 18.0 Å². The van der Waals surface area contributed by atoms with Gasteiger partial charge in [0.1, 0.15) is 0 Å². The number of pyridine rings is 1. The lowest BCUT2D eigenvalue weighted by molar-refractivity contribution is -0.194. The molecule has 2 aromatic carbocycles. The highest BCUT2D eigenvalue weighted by Gasteiger charge is 2.63. The molecule has 154 valence electrons. The molecule has 1 aliphatic rings. The summed E-state index contributed by atoms with van der Waals surface area (Å²) < 4.78 is 43.7. The molecule has 4 rings (SSSR count). The predicted octanol–water partition coefficient (Wildman–Crippen LogP) is 3.93. The van der Waals surface area contributed by atoms with Crippen LogP contribution in [0.1, 0.15) is 17.5 Å². The number of hydrogen-bond donors (Lipinski definition) is 2. The Labute approximate surface area is 169 Å². The third-order valence-corrected chi connectivity index (χ3v) is 5.14. The fourth-order valence-electron chi connectivity index (χ4n) is 3.67. The molecule has 0 aliphatic carbocycles. The molecule has 0 saturated carbocycles. The molecular weight excluding hydrogens is 397 g/mol. The zero-order chi connectivity index (χ0) is 21.4. The molecule has 0 bridgehead atoms. The van der Waals surface area contributed by atoms with Crippen LogP contribution in [-0.2, 0) is 15.0 Å². The predicted molar refractivity (Wildman–Crippen MR) is 106 cm³/mol. The summed E-state index contributed by atoms with van der Waals surface area (Å²) in [6.07, 6.45) is -4.00. The Kier molecular flexibility index (Phi) is 4.90. The number of carbonyl (C=O) groups excluding carboxylic acids is 1. The van der Waals surface area contributed by atoms with Gasteiger partial charge in [-0.05, 0) is 35.4 Å². The molecule has 0 saturated heterocycles. The molecule has 0 radical (unpaired) electrons. The van der Waals surface area contributed by atoms with E-state index in [-0.39, 0.29) is 16.7 Å². The van der Waals surface area contributed by atoms with Gasteiger partial charge in [-0.2, -0.15) is 18.3 Å². The molecule has 3 aromatic rings. The lowest BCUT2D eigenvalue weighted by atomic mass is 9.71. The average Bonchev–Trinajstić information content (AvgIpc) is 2.74. The van der Waals surface area contributed by atoms with Crippen molar-refractivity contribution in [1.82, 2.24) is 10.4 Å². The van der Waals surface area contributed by atoms with Crippen molar-refractivity contribution in [3.63, 3.8) is 0 Å². The molecule has 0 fully saturated rings. The minimum atomic E-state index is -4.86. The zero-order valence-electron chi connectivity index (χ0n) is 15.8. The zero-order valence-corrected chi connectivity index (χ0v) is 15.8. The number of alkyl halides is 3. The Morgan fingerprint density at radius 3 is 2.57 bits per heavy atom. The first kappa shape index (κ1) is 19.8. The van der Waals surface area contributed by atoms with Crippen molar-refractivity contribution < 1.29 is 22.8 Å². The van der Waals surface area contributed by atoms with Gasteiger partial charge in [0.2, 0.25) is 0 Å².